The van der Waals surface area contributed by atoms with Gasteiger partial charge in [-0.05, 0) is 17.5 Å². The minimum absolute atomic E-state index is 0.355. The molecule has 3 nitrogen and oxygen atoms in total. The molecule has 1 aliphatic carbocycles. The molecular formula is C14H15NO2. The lowest BCUT2D eigenvalue weighted by atomic mass is 9.70. The first-order valence-corrected chi connectivity index (χ1v) is 5.97. The Labute approximate surface area is 101 Å². The van der Waals surface area contributed by atoms with Gasteiger partial charge in [-0.3, -0.25) is 0 Å². The van der Waals surface area contributed by atoms with E-state index in [9.17, 15) is 10.4 Å². The van der Waals surface area contributed by atoms with Crippen molar-refractivity contribution >= 4 is 0 Å². The van der Waals surface area contributed by atoms with Gasteiger partial charge in [0.1, 0.15) is 5.41 Å². The van der Waals surface area contributed by atoms with Gasteiger partial charge in [0.2, 0.25) is 0 Å². The Morgan fingerprint density at radius 2 is 1.88 bits per heavy atom. The molecule has 1 heterocycles. The van der Waals surface area contributed by atoms with Gasteiger partial charge in [0.15, 0.2) is 0 Å². The number of rotatable bonds is 1. The summed E-state index contributed by atoms with van der Waals surface area (Å²) in [6, 6.07) is 10.4. The predicted octanol–water partition coefficient (Wildman–Crippen LogP) is 1.45. The molecule has 0 saturated carbocycles. The quantitative estimate of drug-likeness (QED) is 0.793. The van der Waals surface area contributed by atoms with Crippen LogP contribution in [0.4, 0.5) is 0 Å². The van der Waals surface area contributed by atoms with Gasteiger partial charge in [0.05, 0.1) is 18.3 Å². The average Bonchev–Trinajstić information content (AvgIpc) is 2.93. The molecule has 0 aromatic heterocycles. The van der Waals surface area contributed by atoms with Crippen LogP contribution in [-0.2, 0) is 17.6 Å². The second kappa shape index (κ2) is 3.56. The maximum Gasteiger partial charge on any atom is 0.112 e. The topological polar surface area (TPSA) is 53.2 Å². The van der Waals surface area contributed by atoms with Crippen LogP contribution in [0, 0.1) is 16.7 Å². The second-order valence-corrected chi connectivity index (χ2v) is 5.15. The highest BCUT2D eigenvalue weighted by Gasteiger charge is 2.55. The number of hydrogen-bond donors (Lipinski definition) is 1. The highest BCUT2D eigenvalue weighted by atomic mass is 16.5. The summed E-state index contributed by atoms with van der Waals surface area (Å²) >= 11 is 0. The van der Waals surface area contributed by atoms with E-state index in [-0.39, 0.29) is 0 Å². The molecule has 17 heavy (non-hydrogen) atoms. The van der Waals surface area contributed by atoms with Crippen molar-refractivity contribution in [2.75, 3.05) is 13.2 Å². The first kappa shape index (κ1) is 10.8. The van der Waals surface area contributed by atoms with Gasteiger partial charge in [0, 0.05) is 19.4 Å². The molecule has 1 fully saturated rings. The third-order valence-electron chi connectivity index (χ3n) is 4.21. The fourth-order valence-corrected chi connectivity index (χ4v) is 3.06. The molecule has 88 valence electrons. The molecule has 1 atom stereocenters. The minimum Gasteiger partial charge on any atom is -0.387 e. The molecule has 3 rings (SSSR count). The van der Waals surface area contributed by atoms with Gasteiger partial charge in [0.25, 0.3) is 0 Å². The molecule has 1 N–H and O–H groups in total. The zero-order valence-corrected chi connectivity index (χ0v) is 9.65. The van der Waals surface area contributed by atoms with Gasteiger partial charge in [-0.25, -0.2) is 0 Å². The van der Waals surface area contributed by atoms with E-state index < -0.39 is 11.0 Å². The number of nitrogens with zero attached hydrogens (tertiary/aromatic N) is 1. The van der Waals surface area contributed by atoms with Crippen LogP contribution in [0.2, 0.25) is 0 Å². The minimum atomic E-state index is -0.956. The summed E-state index contributed by atoms with van der Waals surface area (Å²) in [7, 11) is 0. The molecule has 1 saturated heterocycles. The van der Waals surface area contributed by atoms with Crippen molar-refractivity contribution in [3.63, 3.8) is 0 Å². The van der Waals surface area contributed by atoms with Gasteiger partial charge in [-0.15, -0.1) is 0 Å². The Morgan fingerprint density at radius 1 is 1.24 bits per heavy atom. The zero-order valence-electron chi connectivity index (χ0n) is 9.65. The normalized spacial score (nSPS) is 29.9. The summed E-state index contributed by atoms with van der Waals surface area (Å²) in [5, 5.41) is 20.3. The van der Waals surface area contributed by atoms with Crippen LogP contribution in [0.15, 0.2) is 24.3 Å². The summed E-state index contributed by atoms with van der Waals surface area (Å²) in [5.41, 5.74) is 0.640. The molecule has 0 spiro atoms. The van der Waals surface area contributed by atoms with E-state index in [0.29, 0.717) is 32.5 Å². The van der Waals surface area contributed by atoms with Gasteiger partial charge in [-0.1, -0.05) is 24.3 Å². The number of benzene rings is 1. The number of hydrogen-bond acceptors (Lipinski definition) is 3. The fraction of sp³-hybridized carbons (Fsp3) is 0.500. The van der Waals surface area contributed by atoms with Gasteiger partial charge < -0.3 is 9.84 Å². The molecule has 0 amide bonds. The number of ether oxygens (including phenoxy) is 1. The zero-order chi connectivity index (χ0) is 11.9. The Balaban J connectivity index is 1.98. The summed E-state index contributed by atoms with van der Waals surface area (Å²) in [6.07, 6.45) is 1.77. The fourth-order valence-electron chi connectivity index (χ4n) is 3.06. The molecule has 1 aromatic rings. The highest BCUT2D eigenvalue weighted by molar-refractivity contribution is 5.38. The van der Waals surface area contributed by atoms with E-state index in [2.05, 4.69) is 6.07 Å². The lowest BCUT2D eigenvalue weighted by Crippen LogP contribution is -2.49. The molecule has 2 aliphatic rings. The SMILES string of the molecule is N#CC1(C2(O)Cc3ccccc3C2)CCOC1. The van der Waals surface area contributed by atoms with Crippen LogP contribution >= 0.6 is 0 Å². The van der Waals surface area contributed by atoms with Crippen LogP contribution in [0.25, 0.3) is 0 Å². The highest BCUT2D eigenvalue weighted by Crippen LogP contribution is 2.46. The number of fused-ring (bicyclic) bond motifs is 1. The van der Waals surface area contributed by atoms with Crippen molar-refractivity contribution in [2.45, 2.75) is 24.9 Å². The summed E-state index contributed by atoms with van der Waals surface area (Å²) < 4.78 is 5.35. The first-order chi connectivity index (χ1) is 8.19. The standard InChI is InChI=1S/C14H15NO2/c15-9-13(5-6-17-10-13)14(16)7-11-3-1-2-4-12(11)8-14/h1-4,16H,5-8,10H2. The van der Waals surface area contributed by atoms with Crippen LogP contribution < -0.4 is 0 Å². The van der Waals surface area contributed by atoms with Crippen LogP contribution in [0.5, 0.6) is 0 Å². The van der Waals surface area contributed by atoms with Gasteiger partial charge in [-0.2, -0.15) is 5.26 Å². The third kappa shape index (κ3) is 1.41. The Hall–Kier alpha value is -1.37. The first-order valence-electron chi connectivity index (χ1n) is 5.97. The van der Waals surface area contributed by atoms with Crippen molar-refractivity contribution in [1.82, 2.24) is 0 Å². The van der Waals surface area contributed by atoms with Crippen LogP contribution in [0.1, 0.15) is 17.5 Å². The lowest BCUT2D eigenvalue weighted by Gasteiger charge is -2.35. The Morgan fingerprint density at radius 3 is 2.35 bits per heavy atom. The van der Waals surface area contributed by atoms with E-state index in [1.807, 2.05) is 24.3 Å². The van der Waals surface area contributed by atoms with E-state index in [1.165, 1.54) is 0 Å². The Kier molecular flexibility index (Phi) is 2.25. The van der Waals surface area contributed by atoms with E-state index in [0.717, 1.165) is 11.1 Å². The average molecular weight is 229 g/mol. The van der Waals surface area contributed by atoms with E-state index >= 15 is 0 Å². The van der Waals surface area contributed by atoms with Crippen molar-refractivity contribution in [2.24, 2.45) is 5.41 Å². The largest absolute Gasteiger partial charge is 0.387 e. The summed E-state index contributed by atoms with van der Waals surface area (Å²) in [4.78, 5) is 0. The maximum atomic E-state index is 10.9. The monoisotopic (exact) mass is 229 g/mol. The van der Waals surface area contributed by atoms with E-state index in [4.69, 9.17) is 4.74 Å². The smallest absolute Gasteiger partial charge is 0.112 e. The van der Waals surface area contributed by atoms with Crippen molar-refractivity contribution in [1.29, 1.82) is 5.26 Å². The molecular weight excluding hydrogens is 214 g/mol. The third-order valence-corrected chi connectivity index (χ3v) is 4.21. The Bertz CT molecular complexity index is 458. The summed E-state index contributed by atoms with van der Waals surface area (Å²) in [5.74, 6) is 0. The van der Waals surface area contributed by atoms with Crippen LogP contribution in [-0.4, -0.2) is 23.9 Å². The molecule has 1 aliphatic heterocycles. The summed E-state index contributed by atoms with van der Waals surface area (Å²) in [6.45, 7) is 0.931. The van der Waals surface area contributed by atoms with Crippen molar-refractivity contribution in [3.8, 4) is 6.07 Å². The molecule has 0 bridgehead atoms. The second-order valence-electron chi connectivity index (χ2n) is 5.15. The molecule has 1 aromatic carbocycles. The molecule has 0 radical (unpaired) electrons. The van der Waals surface area contributed by atoms with Crippen molar-refractivity contribution < 1.29 is 9.84 Å². The number of aliphatic hydroxyl groups is 1. The predicted molar refractivity (Wildman–Crippen MR) is 62.3 cm³/mol. The molecule has 1 unspecified atom stereocenters. The van der Waals surface area contributed by atoms with Crippen LogP contribution in [0.3, 0.4) is 0 Å². The van der Waals surface area contributed by atoms with Crippen molar-refractivity contribution in [3.05, 3.63) is 35.4 Å². The van der Waals surface area contributed by atoms with Gasteiger partial charge >= 0.3 is 0 Å². The van der Waals surface area contributed by atoms with E-state index in [1.54, 1.807) is 0 Å². The lowest BCUT2D eigenvalue weighted by molar-refractivity contribution is -0.0494. The number of nitriles is 1. The maximum absolute atomic E-state index is 10.9. The molecule has 3 heteroatoms.